The maximum absolute atomic E-state index is 12.8. The smallest absolute Gasteiger partial charge is 0.411 e. The van der Waals surface area contributed by atoms with Gasteiger partial charge in [0.1, 0.15) is 5.82 Å². The van der Waals surface area contributed by atoms with Gasteiger partial charge >= 0.3 is 6.09 Å². The van der Waals surface area contributed by atoms with E-state index < -0.39 is 6.09 Å². The number of aliphatic hydroxyl groups is 1. The third kappa shape index (κ3) is 7.24. The van der Waals surface area contributed by atoms with Gasteiger partial charge in [0, 0.05) is 17.6 Å². The van der Waals surface area contributed by atoms with Gasteiger partial charge in [0.05, 0.1) is 37.8 Å². The Balaban J connectivity index is 0.000000360. The number of hydrogen-bond acceptors (Lipinski definition) is 6. The van der Waals surface area contributed by atoms with Crippen LogP contribution in [0.2, 0.25) is 0 Å². The van der Waals surface area contributed by atoms with Crippen LogP contribution in [0.3, 0.4) is 0 Å². The van der Waals surface area contributed by atoms with Gasteiger partial charge in [-0.1, -0.05) is 19.1 Å². The number of aliphatic hydroxyl groups excluding tert-OH is 1. The summed E-state index contributed by atoms with van der Waals surface area (Å²) in [4.78, 5) is 11.4. The number of rotatable bonds is 6. The van der Waals surface area contributed by atoms with Crippen molar-refractivity contribution in [3.05, 3.63) is 53.8 Å². The molecule has 0 spiro atoms. The van der Waals surface area contributed by atoms with E-state index in [1.165, 1.54) is 12.1 Å². The first kappa shape index (κ1) is 22.4. The minimum atomic E-state index is -0.541. The van der Waals surface area contributed by atoms with Gasteiger partial charge in [0.2, 0.25) is 0 Å². The van der Waals surface area contributed by atoms with Crippen molar-refractivity contribution in [2.24, 2.45) is 5.41 Å². The summed E-state index contributed by atoms with van der Waals surface area (Å²) in [6, 6.07) is 11.5. The largest absolute Gasteiger partial charge is 0.450 e. The third-order valence-electron chi connectivity index (χ3n) is 4.26. The van der Waals surface area contributed by atoms with Gasteiger partial charge in [0.25, 0.3) is 0 Å². The first-order valence-electron chi connectivity index (χ1n) is 9.35. The molecule has 0 aromatic heterocycles. The monoisotopic (exact) mass is 405 g/mol. The van der Waals surface area contributed by atoms with Crippen LogP contribution in [-0.4, -0.2) is 37.6 Å². The fourth-order valence-corrected chi connectivity index (χ4v) is 2.41. The molecular weight excluding hydrogens is 377 g/mol. The van der Waals surface area contributed by atoms with Gasteiger partial charge in [-0.2, -0.15) is 0 Å². The Morgan fingerprint density at radius 1 is 1.28 bits per heavy atom. The summed E-state index contributed by atoms with van der Waals surface area (Å²) in [5, 5.41) is 14.3. The normalized spacial score (nSPS) is 14.1. The van der Waals surface area contributed by atoms with Crippen molar-refractivity contribution in [3.8, 4) is 0 Å². The van der Waals surface area contributed by atoms with Crippen molar-refractivity contribution in [2.45, 2.75) is 20.4 Å². The predicted octanol–water partition coefficient (Wildman–Crippen LogP) is 3.60. The van der Waals surface area contributed by atoms with Gasteiger partial charge in [-0.05, 0) is 42.8 Å². The molecule has 0 radical (unpaired) electrons. The second-order valence-electron chi connectivity index (χ2n) is 7.09. The van der Waals surface area contributed by atoms with Crippen LogP contribution >= 0.6 is 0 Å². The number of hydrogen-bond donors (Lipinski definition) is 4. The van der Waals surface area contributed by atoms with Gasteiger partial charge in [-0.25, -0.2) is 9.18 Å². The number of benzene rings is 2. The second kappa shape index (κ2) is 10.6. The molecule has 1 aliphatic rings. The molecule has 158 valence electrons. The number of amides is 1. The number of nitrogen functional groups attached to an aromatic ring is 1. The SMILES string of the molecule is CC1(CO)COC1.CCOC(=O)Nc1ccc(NCc2ccc(F)cc2)cc1N. The highest BCUT2D eigenvalue weighted by Gasteiger charge is 2.31. The van der Waals surface area contributed by atoms with Gasteiger partial charge < -0.3 is 25.6 Å². The number of ether oxygens (including phenoxy) is 2. The predicted molar refractivity (Wildman–Crippen MR) is 111 cm³/mol. The lowest BCUT2D eigenvalue weighted by Gasteiger charge is -2.35. The lowest BCUT2D eigenvalue weighted by molar-refractivity contribution is -0.125. The van der Waals surface area contributed by atoms with Crippen molar-refractivity contribution >= 4 is 23.2 Å². The molecule has 8 heteroatoms. The van der Waals surface area contributed by atoms with E-state index in [-0.39, 0.29) is 17.8 Å². The Bertz CT molecular complexity index is 790. The first-order chi connectivity index (χ1) is 13.8. The van der Waals surface area contributed by atoms with Crippen LogP contribution in [0.5, 0.6) is 0 Å². The molecule has 5 N–H and O–H groups in total. The molecule has 1 saturated heterocycles. The van der Waals surface area contributed by atoms with Crippen molar-refractivity contribution in [1.82, 2.24) is 0 Å². The zero-order valence-electron chi connectivity index (χ0n) is 16.7. The maximum atomic E-state index is 12.8. The average molecular weight is 405 g/mol. The lowest BCUT2D eigenvalue weighted by atomic mass is 9.90. The highest BCUT2D eigenvalue weighted by Crippen LogP contribution is 2.25. The molecule has 0 saturated carbocycles. The summed E-state index contributed by atoms with van der Waals surface area (Å²) in [6.07, 6.45) is -0.541. The Morgan fingerprint density at radius 3 is 2.45 bits per heavy atom. The van der Waals surface area contributed by atoms with E-state index in [4.69, 9.17) is 20.3 Å². The zero-order chi connectivity index (χ0) is 21.3. The fourth-order valence-electron chi connectivity index (χ4n) is 2.41. The summed E-state index contributed by atoms with van der Waals surface area (Å²) in [5.41, 5.74) is 8.67. The molecule has 7 nitrogen and oxygen atoms in total. The Hall–Kier alpha value is -2.84. The van der Waals surface area contributed by atoms with Crippen LogP contribution in [-0.2, 0) is 16.0 Å². The summed E-state index contributed by atoms with van der Waals surface area (Å²) < 4.78 is 22.5. The van der Waals surface area contributed by atoms with Crippen LogP contribution in [0.4, 0.5) is 26.2 Å². The zero-order valence-corrected chi connectivity index (χ0v) is 16.7. The summed E-state index contributed by atoms with van der Waals surface area (Å²) >= 11 is 0. The molecule has 1 aliphatic heterocycles. The van der Waals surface area contributed by atoms with E-state index in [0.717, 1.165) is 24.5 Å². The number of carbonyl (C=O) groups excluding carboxylic acids is 1. The number of anilines is 3. The minimum Gasteiger partial charge on any atom is -0.450 e. The van der Waals surface area contributed by atoms with Crippen molar-refractivity contribution in [3.63, 3.8) is 0 Å². The molecule has 2 aromatic rings. The van der Waals surface area contributed by atoms with Crippen LogP contribution < -0.4 is 16.4 Å². The molecule has 1 amide bonds. The molecule has 0 aliphatic carbocycles. The molecule has 0 unspecified atom stereocenters. The van der Waals surface area contributed by atoms with Crippen LogP contribution in [0.25, 0.3) is 0 Å². The second-order valence-corrected chi connectivity index (χ2v) is 7.09. The van der Waals surface area contributed by atoms with Gasteiger partial charge in [-0.15, -0.1) is 0 Å². The van der Waals surface area contributed by atoms with E-state index in [1.54, 1.807) is 37.3 Å². The molecule has 2 aromatic carbocycles. The molecule has 29 heavy (non-hydrogen) atoms. The minimum absolute atomic E-state index is 0.0972. The molecule has 0 atom stereocenters. The first-order valence-corrected chi connectivity index (χ1v) is 9.35. The standard InChI is InChI=1S/C16H18FN3O2.C5H10O2/c1-2-22-16(21)20-15-8-7-13(9-14(15)18)19-10-11-3-5-12(17)6-4-11;1-5(2-6)3-7-4-5/h3-9,19H,2,10,18H2,1H3,(H,20,21);6H,2-4H2,1H3. The summed E-state index contributed by atoms with van der Waals surface area (Å²) in [5.74, 6) is -0.262. The molecule has 1 heterocycles. The number of halogens is 1. The Kier molecular flexibility index (Phi) is 8.23. The van der Waals surface area contributed by atoms with Crippen molar-refractivity contribution in [2.75, 3.05) is 42.8 Å². The van der Waals surface area contributed by atoms with E-state index in [0.29, 0.717) is 24.5 Å². The Labute approximate surface area is 170 Å². The van der Waals surface area contributed by atoms with E-state index in [1.807, 2.05) is 6.92 Å². The maximum Gasteiger partial charge on any atom is 0.411 e. The number of nitrogens with one attached hydrogen (secondary N) is 2. The summed E-state index contributed by atoms with van der Waals surface area (Å²) in [6.45, 7) is 6.29. The van der Waals surface area contributed by atoms with E-state index in [2.05, 4.69) is 10.6 Å². The fraction of sp³-hybridized carbons (Fsp3) is 0.381. The number of nitrogens with two attached hydrogens (primary N) is 1. The highest BCUT2D eigenvalue weighted by atomic mass is 19.1. The quantitative estimate of drug-likeness (QED) is 0.547. The van der Waals surface area contributed by atoms with Crippen molar-refractivity contribution < 1.29 is 23.8 Å². The summed E-state index contributed by atoms with van der Waals surface area (Å²) in [7, 11) is 0. The molecule has 1 fully saturated rings. The van der Waals surface area contributed by atoms with E-state index >= 15 is 0 Å². The topological polar surface area (TPSA) is 106 Å². The van der Waals surface area contributed by atoms with Crippen LogP contribution in [0, 0.1) is 11.2 Å². The van der Waals surface area contributed by atoms with Crippen LogP contribution in [0.1, 0.15) is 19.4 Å². The highest BCUT2D eigenvalue weighted by molar-refractivity contribution is 5.89. The van der Waals surface area contributed by atoms with Gasteiger partial charge in [0.15, 0.2) is 0 Å². The van der Waals surface area contributed by atoms with Crippen molar-refractivity contribution in [1.29, 1.82) is 0 Å². The molecule has 0 bridgehead atoms. The van der Waals surface area contributed by atoms with Gasteiger partial charge in [-0.3, -0.25) is 5.32 Å². The average Bonchev–Trinajstić information content (AvgIpc) is 2.68. The number of carbonyl (C=O) groups is 1. The Morgan fingerprint density at radius 2 is 1.97 bits per heavy atom. The van der Waals surface area contributed by atoms with E-state index in [9.17, 15) is 9.18 Å². The lowest BCUT2D eigenvalue weighted by Crippen LogP contribution is -2.42. The van der Waals surface area contributed by atoms with Crippen LogP contribution in [0.15, 0.2) is 42.5 Å². The molecule has 3 rings (SSSR count). The molecular formula is C21H28FN3O4. The third-order valence-corrected chi connectivity index (χ3v) is 4.26.